The lowest BCUT2D eigenvalue weighted by Gasteiger charge is -2.05. The largest absolute Gasteiger partial charge is 0.496 e. The molecule has 2 rings (SSSR count). The van der Waals surface area contributed by atoms with Gasteiger partial charge in [-0.05, 0) is 23.7 Å². The number of nitrogens with zero attached hydrogens (tertiary/aromatic N) is 1. The lowest BCUT2D eigenvalue weighted by molar-refractivity contribution is 0.416. The van der Waals surface area contributed by atoms with E-state index in [0.29, 0.717) is 5.69 Å². The molecule has 1 aromatic heterocycles. The van der Waals surface area contributed by atoms with Crippen LogP contribution in [0, 0.1) is 0 Å². The molecular formula is C10H10N2OS. The highest BCUT2D eigenvalue weighted by Gasteiger charge is 2.09. The van der Waals surface area contributed by atoms with Gasteiger partial charge in [-0.25, -0.2) is 0 Å². The van der Waals surface area contributed by atoms with E-state index in [1.165, 1.54) is 11.5 Å². The van der Waals surface area contributed by atoms with Gasteiger partial charge in [-0.15, -0.1) is 0 Å². The van der Waals surface area contributed by atoms with E-state index in [2.05, 4.69) is 4.37 Å². The van der Waals surface area contributed by atoms with Gasteiger partial charge in [0, 0.05) is 10.9 Å². The van der Waals surface area contributed by atoms with Crippen LogP contribution in [-0.2, 0) is 0 Å². The molecule has 0 bridgehead atoms. The molecule has 0 saturated heterocycles. The first-order valence-electron chi connectivity index (χ1n) is 4.16. The molecule has 0 amide bonds. The molecule has 2 N–H and O–H groups in total. The molecule has 72 valence electrons. The fourth-order valence-electron chi connectivity index (χ4n) is 1.29. The Labute approximate surface area is 86.3 Å². The highest BCUT2D eigenvalue weighted by atomic mass is 32.1. The van der Waals surface area contributed by atoms with Crippen LogP contribution in [0.4, 0.5) is 5.69 Å². The zero-order valence-corrected chi connectivity index (χ0v) is 8.54. The maximum atomic E-state index is 5.79. The first-order valence-corrected chi connectivity index (χ1v) is 5.00. The minimum absolute atomic E-state index is 0.694. The second-order valence-electron chi connectivity index (χ2n) is 2.82. The van der Waals surface area contributed by atoms with Gasteiger partial charge in [-0.3, -0.25) is 0 Å². The van der Waals surface area contributed by atoms with E-state index in [9.17, 15) is 0 Å². The highest BCUT2D eigenvalue weighted by Crippen LogP contribution is 2.32. The monoisotopic (exact) mass is 206 g/mol. The summed E-state index contributed by atoms with van der Waals surface area (Å²) in [7, 11) is 1.64. The first-order chi connectivity index (χ1) is 6.83. The van der Waals surface area contributed by atoms with Crippen molar-refractivity contribution in [3.05, 3.63) is 29.6 Å². The van der Waals surface area contributed by atoms with Crippen molar-refractivity contribution in [2.75, 3.05) is 12.8 Å². The molecule has 0 atom stereocenters. The van der Waals surface area contributed by atoms with Crippen LogP contribution in [0.25, 0.3) is 11.3 Å². The van der Waals surface area contributed by atoms with Crippen LogP contribution < -0.4 is 10.5 Å². The van der Waals surface area contributed by atoms with E-state index in [1.807, 2.05) is 29.6 Å². The number of benzene rings is 1. The zero-order valence-electron chi connectivity index (χ0n) is 7.73. The Kier molecular flexibility index (Phi) is 2.37. The molecule has 1 heterocycles. The molecule has 2 aromatic rings. The van der Waals surface area contributed by atoms with E-state index in [4.69, 9.17) is 10.5 Å². The van der Waals surface area contributed by atoms with Crippen molar-refractivity contribution in [2.24, 2.45) is 0 Å². The van der Waals surface area contributed by atoms with Gasteiger partial charge < -0.3 is 10.5 Å². The molecule has 0 aliphatic carbocycles. The molecule has 0 saturated carbocycles. The van der Waals surface area contributed by atoms with Gasteiger partial charge in [-0.2, -0.15) is 4.37 Å². The minimum atomic E-state index is 0.694. The standard InChI is InChI=1S/C10H10N2OS/c1-13-9-5-3-2-4-7(9)10-8(11)6-14-12-10/h2-6H,11H2,1H3. The molecule has 14 heavy (non-hydrogen) atoms. The third kappa shape index (κ3) is 1.44. The lowest BCUT2D eigenvalue weighted by Crippen LogP contribution is -1.90. The van der Waals surface area contributed by atoms with Crippen molar-refractivity contribution in [1.82, 2.24) is 4.37 Å². The number of ether oxygens (including phenoxy) is 1. The molecule has 0 fully saturated rings. The van der Waals surface area contributed by atoms with Crippen LogP contribution >= 0.6 is 11.5 Å². The van der Waals surface area contributed by atoms with Gasteiger partial charge in [0.2, 0.25) is 0 Å². The molecule has 4 heteroatoms. The van der Waals surface area contributed by atoms with Gasteiger partial charge >= 0.3 is 0 Å². The number of aromatic nitrogens is 1. The van der Waals surface area contributed by atoms with Crippen molar-refractivity contribution in [2.45, 2.75) is 0 Å². The predicted octanol–water partition coefficient (Wildman–Crippen LogP) is 2.40. The van der Waals surface area contributed by atoms with Crippen LogP contribution in [0.5, 0.6) is 5.75 Å². The average molecular weight is 206 g/mol. The van der Waals surface area contributed by atoms with Crippen LogP contribution in [-0.4, -0.2) is 11.5 Å². The molecule has 0 radical (unpaired) electrons. The minimum Gasteiger partial charge on any atom is -0.496 e. The summed E-state index contributed by atoms with van der Waals surface area (Å²) in [6.07, 6.45) is 0. The Morgan fingerprint density at radius 3 is 2.79 bits per heavy atom. The van der Waals surface area contributed by atoms with Crippen LogP contribution in [0.3, 0.4) is 0 Å². The second kappa shape index (κ2) is 3.67. The molecule has 1 aromatic carbocycles. The molecule has 0 unspecified atom stereocenters. The number of anilines is 1. The van der Waals surface area contributed by atoms with Gasteiger partial charge in [0.05, 0.1) is 12.8 Å². The SMILES string of the molecule is COc1ccccc1-c1nscc1N. The van der Waals surface area contributed by atoms with Crippen LogP contribution in [0.15, 0.2) is 29.6 Å². The number of hydrogen-bond acceptors (Lipinski definition) is 4. The number of methoxy groups -OCH3 is 1. The van der Waals surface area contributed by atoms with E-state index in [-0.39, 0.29) is 0 Å². The third-order valence-electron chi connectivity index (χ3n) is 1.96. The molecule has 0 aliphatic rings. The number of hydrogen-bond donors (Lipinski definition) is 1. The first kappa shape index (κ1) is 9.02. The van der Waals surface area contributed by atoms with Crippen molar-refractivity contribution < 1.29 is 4.74 Å². The summed E-state index contributed by atoms with van der Waals surface area (Å²) in [5.74, 6) is 0.796. The van der Waals surface area contributed by atoms with Gasteiger partial charge in [0.1, 0.15) is 11.4 Å². The summed E-state index contributed by atoms with van der Waals surface area (Å²) < 4.78 is 9.46. The quantitative estimate of drug-likeness (QED) is 0.820. The Balaban J connectivity index is 2.56. The average Bonchev–Trinajstić information content (AvgIpc) is 2.64. The highest BCUT2D eigenvalue weighted by molar-refractivity contribution is 7.04. The normalized spacial score (nSPS) is 10.1. The Hall–Kier alpha value is -1.55. The summed E-state index contributed by atoms with van der Waals surface area (Å²) in [6, 6.07) is 7.71. The zero-order chi connectivity index (χ0) is 9.97. The Morgan fingerprint density at radius 1 is 1.36 bits per heavy atom. The summed E-state index contributed by atoms with van der Waals surface area (Å²) in [5, 5.41) is 1.82. The van der Waals surface area contributed by atoms with E-state index < -0.39 is 0 Å². The van der Waals surface area contributed by atoms with Crippen molar-refractivity contribution in [3.63, 3.8) is 0 Å². The van der Waals surface area contributed by atoms with E-state index in [1.54, 1.807) is 7.11 Å². The van der Waals surface area contributed by atoms with Gasteiger partial charge in [-0.1, -0.05) is 12.1 Å². The molecule has 3 nitrogen and oxygen atoms in total. The second-order valence-corrected chi connectivity index (χ2v) is 3.45. The summed E-state index contributed by atoms with van der Waals surface area (Å²) in [5.41, 5.74) is 8.22. The predicted molar refractivity (Wildman–Crippen MR) is 58.5 cm³/mol. The molecular weight excluding hydrogens is 196 g/mol. The number of nitrogen functional groups attached to an aromatic ring is 1. The number of rotatable bonds is 2. The molecule has 0 aliphatic heterocycles. The third-order valence-corrected chi connectivity index (χ3v) is 2.61. The van der Waals surface area contributed by atoms with Crippen molar-refractivity contribution in [1.29, 1.82) is 0 Å². The lowest BCUT2D eigenvalue weighted by atomic mass is 10.1. The summed E-state index contributed by atoms with van der Waals surface area (Å²) in [4.78, 5) is 0. The fraction of sp³-hybridized carbons (Fsp3) is 0.100. The van der Waals surface area contributed by atoms with Gasteiger partial charge in [0.15, 0.2) is 0 Å². The molecule has 0 spiro atoms. The Bertz CT molecular complexity index is 439. The maximum absolute atomic E-state index is 5.79. The summed E-state index contributed by atoms with van der Waals surface area (Å²) >= 11 is 1.35. The van der Waals surface area contributed by atoms with Gasteiger partial charge in [0.25, 0.3) is 0 Å². The fourth-order valence-corrected chi connectivity index (χ4v) is 1.88. The van der Waals surface area contributed by atoms with Crippen molar-refractivity contribution in [3.8, 4) is 17.0 Å². The number of nitrogens with two attached hydrogens (primary N) is 1. The Morgan fingerprint density at radius 2 is 2.14 bits per heavy atom. The topological polar surface area (TPSA) is 48.1 Å². The maximum Gasteiger partial charge on any atom is 0.128 e. The van der Waals surface area contributed by atoms with E-state index in [0.717, 1.165) is 17.0 Å². The van der Waals surface area contributed by atoms with Crippen LogP contribution in [0.1, 0.15) is 0 Å². The van der Waals surface area contributed by atoms with Crippen molar-refractivity contribution >= 4 is 17.2 Å². The van der Waals surface area contributed by atoms with Crippen LogP contribution in [0.2, 0.25) is 0 Å². The summed E-state index contributed by atoms with van der Waals surface area (Å²) in [6.45, 7) is 0. The smallest absolute Gasteiger partial charge is 0.128 e. The number of para-hydroxylation sites is 1. The van der Waals surface area contributed by atoms with E-state index >= 15 is 0 Å².